The van der Waals surface area contributed by atoms with Gasteiger partial charge in [-0.1, -0.05) is 37.3 Å². The van der Waals surface area contributed by atoms with E-state index in [9.17, 15) is 26.4 Å². The largest absolute Gasteiger partial charge is 0.461 e. The molecule has 1 aromatic rings. The molecule has 0 radical (unpaired) electrons. The van der Waals surface area contributed by atoms with E-state index < -0.39 is 44.1 Å². The number of benzene rings is 1. The van der Waals surface area contributed by atoms with Crippen LogP contribution in [0.25, 0.3) is 0 Å². The Bertz CT molecular complexity index is 976. The third-order valence-corrected chi connectivity index (χ3v) is 7.15. The monoisotopic (exact) mass is 490 g/mol. The smallest absolute Gasteiger partial charge is 0.331 e. The van der Waals surface area contributed by atoms with Gasteiger partial charge in [0.25, 0.3) is 0 Å². The maximum Gasteiger partial charge on any atom is 0.331 e. The Morgan fingerprint density at radius 2 is 1.34 bits per heavy atom. The molecule has 0 spiro atoms. The summed E-state index contributed by atoms with van der Waals surface area (Å²) in [7, 11) is -7.00. The summed E-state index contributed by atoms with van der Waals surface area (Å²) in [6, 6.07) is 7.24. The first kappa shape index (κ1) is 27.8. The minimum atomic E-state index is -3.56. The van der Waals surface area contributed by atoms with E-state index >= 15 is 0 Å². The Labute approximate surface area is 189 Å². The van der Waals surface area contributed by atoms with E-state index in [0.29, 0.717) is 12.0 Å². The van der Waals surface area contributed by atoms with Crippen molar-refractivity contribution in [2.24, 2.45) is 0 Å². The standard InChI is InChI=1S/C20H30N2O8S2/c1-4-17(21-31(25,26)5-2)14-29-19(23)12-13-20(24)30-15-18(22-32(27,28)6-3)16-10-8-7-9-11-16/h7-13,17-18,21-22H,4-6,14-15H2,1-3H3/b13-12+/t17-,18+/m1/s1. The normalized spacial score (nSPS) is 14.1. The number of sulfonamides is 2. The number of esters is 2. The van der Waals surface area contributed by atoms with Crippen LogP contribution >= 0.6 is 0 Å². The Balaban J connectivity index is 2.62. The van der Waals surface area contributed by atoms with E-state index in [-0.39, 0.29) is 24.7 Å². The molecule has 0 heterocycles. The molecule has 32 heavy (non-hydrogen) atoms. The van der Waals surface area contributed by atoms with Crippen molar-refractivity contribution in [2.45, 2.75) is 39.3 Å². The summed E-state index contributed by atoms with van der Waals surface area (Å²) in [5, 5.41) is 0. The van der Waals surface area contributed by atoms with Crippen molar-refractivity contribution >= 4 is 32.0 Å². The van der Waals surface area contributed by atoms with Gasteiger partial charge in [-0.2, -0.15) is 0 Å². The third-order valence-electron chi connectivity index (χ3n) is 4.30. The summed E-state index contributed by atoms with van der Waals surface area (Å²) in [5.41, 5.74) is 0.612. The molecular weight excluding hydrogens is 460 g/mol. The Kier molecular flexibility index (Phi) is 11.5. The Morgan fingerprint density at radius 3 is 1.84 bits per heavy atom. The van der Waals surface area contributed by atoms with Crippen LogP contribution in [0.2, 0.25) is 0 Å². The van der Waals surface area contributed by atoms with Gasteiger partial charge in [-0.25, -0.2) is 35.9 Å². The summed E-state index contributed by atoms with van der Waals surface area (Å²) >= 11 is 0. The lowest BCUT2D eigenvalue weighted by Crippen LogP contribution is -2.39. The van der Waals surface area contributed by atoms with Gasteiger partial charge in [0, 0.05) is 12.2 Å². The molecule has 2 atom stereocenters. The highest BCUT2D eigenvalue weighted by molar-refractivity contribution is 7.89. The summed E-state index contributed by atoms with van der Waals surface area (Å²) < 4.78 is 62.0. The molecule has 0 amide bonds. The van der Waals surface area contributed by atoms with Gasteiger partial charge in [0.2, 0.25) is 20.0 Å². The zero-order valence-electron chi connectivity index (χ0n) is 18.3. The van der Waals surface area contributed by atoms with E-state index in [2.05, 4.69) is 9.44 Å². The van der Waals surface area contributed by atoms with Crippen LogP contribution in [0.15, 0.2) is 42.5 Å². The predicted molar refractivity (Wildman–Crippen MR) is 120 cm³/mol. The van der Waals surface area contributed by atoms with E-state index in [1.54, 1.807) is 37.3 Å². The van der Waals surface area contributed by atoms with Crippen LogP contribution in [-0.4, -0.2) is 59.5 Å². The third kappa shape index (κ3) is 10.8. The molecule has 0 aliphatic carbocycles. The number of hydrogen-bond acceptors (Lipinski definition) is 8. The summed E-state index contributed by atoms with van der Waals surface area (Å²) in [6.45, 7) is 4.24. The molecule has 10 nitrogen and oxygen atoms in total. The molecular formula is C20H30N2O8S2. The molecule has 12 heteroatoms. The highest BCUT2D eigenvalue weighted by Gasteiger charge is 2.20. The average Bonchev–Trinajstić information content (AvgIpc) is 2.78. The van der Waals surface area contributed by atoms with Crippen molar-refractivity contribution in [2.75, 3.05) is 24.7 Å². The molecule has 0 aromatic heterocycles. The van der Waals surface area contributed by atoms with Crippen LogP contribution in [0, 0.1) is 0 Å². The highest BCUT2D eigenvalue weighted by atomic mass is 32.2. The van der Waals surface area contributed by atoms with Crippen molar-refractivity contribution in [1.29, 1.82) is 0 Å². The maximum atomic E-state index is 12.0. The van der Waals surface area contributed by atoms with Gasteiger partial charge < -0.3 is 9.47 Å². The van der Waals surface area contributed by atoms with Crippen LogP contribution in [-0.2, 0) is 39.1 Å². The Morgan fingerprint density at radius 1 is 0.844 bits per heavy atom. The second-order valence-corrected chi connectivity index (χ2v) is 10.8. The molecule has 2 N–H and O–H groups in total. The molecule has 0 aliphatic heterocycles. The molecule has 0 unspecified atom stereocenters. The van der Waals surface area contributed by atoms with Gasteiger partial charge >= 0.3 is 11.9 Å². The first-order chi connectivity index (χ1) is 15.0. The van der Waals surface area contributed by atoms with E-state index in [4.69, 9.17) is 9.47 Å². The van der Waals surface area contributed by atoms with Gasteiger partial charge in [-0.05, 0) is 25.8 Å². The van der Waals surface area contributed by atoms with Crippen LogP contribution in [0.4, 0.5) is 0 Å². The molecule has 1 rings (SSSR count). The molecule has 0 fully saturated rings. The second kappa shape index (κ2) is 13.3. The Hall–Kier alpha value is -2.28. The fourth-order valence-electron chi connectivity index (χ4n) is 2.34. The zero-order valence-corrected chi connectivity index (χ0v) is 19.9. The molecule has 1 aromatic carbocycles. The topological polar surface area (TPSA) is 145 Å². The second-order valence-electron chi connectivity index (χ2n) is 6.70. The molecule has 0 bridgehead atoms. The quantitative estimate of drug-likeness (QED) is 0.290. The van der Waals surface area contributed by atoms with Crippen LogP contribution < -0.4 is 9.44 Å². The summed E-state index contributed by atoms with van der Waals surface area (Å²) in [5.74, 6) is -1.94. The van der Waals surface area contributed by atoms with Gasteiger partial charge in [0.1, 0.15) is 13.2 Å². The van der Waals surface area contributed by atoms with E-state index in [0.717, 1.165) is 12.2 Å². The number of ether oxygens (including phenoxy) is 2. The number of nitrogens with one attached hydrogen (secondary N) is 2. The summed E-state index contributed by atoms with van der Waals surface area (Å²) in [4.78, 5) is 23.8. The molecule has 180 valence electrons. The fourth-order valence-corrected chi connectivity index (χ4v) is 4.05. The van der Waals surface area contributed by atoms with Crippen molar-refractivity contribution in [3.63, 3.8) is 0 Å². The lowest BCUT2D eigenvalue weighted by molar-refractivity contribution is -0.141. The van der Waals surface area contributed by atoms with Crippen molar-refractivity contribution in [3.8, 4) is 0 Å². The van der Waals surface area contributed by atoms with Crippen molar-refractivity contribution < 1.29 is 35.9 Å². The first-order valence-corrected chi connectivity index (χ1v) is 13.4. The summed E-state index contributed by atoms with van der Waals surface area (Å²) in [6.07, 6.45) is 2.12. The van der Waals surface area contributed by atoms with Gasteiger partial charge in [-0.3, -0.25) is 0 Å². The van der Waals surface area contributed by atoms with E-state index in [1.807, 2.05) is 0 Å². The molecule has 0 aliphatic rings. The zero-order chi connectivity index (χ0) is 24.2. The lowest BCUT2D eigenvalue weighted by atomic mass is 10.1. The van der Waals surface area contributed by atoms with Crippen LogP contribution in [0.5, 0.6) is 0 Å². The van der Waals surface area contributed by atoms with Gasteiger partial charge in [0.15, 0.2) is 0 Å². The minimum absolute atomic E-state index is 0.0957. The van der Waals surface area contributed by atoms with Crippen LogP contribution in [0.1, 0.15) is 38.8 Å². The first-order valence-electron chi connectivity index (χ1n) is 10.1. The van der Waals surface area contributed by atoms with Crippen molar-refractivity contribution in [1.82, 2.24) is 9.44 Å². The van der Waals surface area contributed by atoms with Gasteiger partial charge in [0.05, 0.1) is 23.6 Å². The van der Waals surface area contributed by atoms with Crippen molar-refractivity contribution in [3.05, 3.63) is 48.0 Å². The van der Waals surface area contributed by atoms with Crippen LogP contribution in [0.3, 0.4) is 0 Å². The molecule has 0 saturated heterocycles. The van der Waals surface area contributed by atoms with E-state index in [1.165, 1.54) is 13.8 Å². The average molecular weight is 491 g/mol. The molecule has 0 saturated carbocycles. The highest BCUT2D eigenvalue weighted by Crippen LogP contribution is 2.14. The number of carbonyl (C=O) groups is 2. The fraction of sp³-hybridized carbons (Fsp3) is 0.500. The lowest BCUT2D eigenvalue weighted by Gasteiger charge is -2.18. The number of rotatable bonds is 14. The SMILES string of the molecule is CC[C@H](COC(=O)/C=C/C(=O)OC[C@H](NS(=O)(=O)CC)c1ccccc1)NS(=O)(=O)CC. The minimum Gasteiger partial charge on any atom is -0.461 e. The number of carbonyl (C=O) groups excluding carboxylic acids is 2. The predicted octanol–water partition coefficient (Wildman–Crippen LogP) is 1.03. The maximum absolute atomic E-state index is 12.0. The van der Waals surface area contributed by atoms with Gasteiger partial charge in [-0.15, -0.1) is 0 Å². The number of hydrogen-bond donors (Lipinski definition) is 2.